The lowest BCUT2D eigenvalue weighted by molar-refractivity contribution is 0.823. The highest BCUT2D eigenvalue weighted by molar-refractivity contribution is 6.30. The van der Waals surface area contributed by atoms with Gasteiger partial charge in [0, 0.05) is 12.1 Å². The molecule has 0 unspecified atom stereocenters. The summed E-state index contributed by atoms with van der Waals surface area (Å²) in [5.74, 6) is 0.894. The van der Waals surface area contributed by atoms with Crippen molar-refractivity contribution in [3.63, 3.8) is 0 Å². The molecule has 1 rings (SSSR count). The van der Waals surface area contributed by atoms with Gasteiger partial charge in [0.05, 0.1) is 0 Å². The summed E-state index contributed by atoms with van der Waals surface area (Å²) < 4.78 is 0. The van der Waals surface area contributed by atoms with Crippen molar-refractivity contribution >= 4 is 17.4 Å². The Balaban J connectivity index is 2.71. The third-order valence-electron chi connectivity index (χ3n) is 2.22. The summed E-state index contributed by atoms with van der Waals surface area (Å²) in [4.78, 5) is 8.22. The largest absolute Gasteiger partial charge is 0.370 e. The van der Waals surface area contributed by atoms with Crippen LogP contribution in [0.4, 0.5) is 5.82 Å². The van der Waals surface area contributed by atoms with Gasteiger partial charge >= 0.3 is 0 Å². The Morgan fingerprint density at radius 2 is 2.07 bits per heavy atom. The molecule has 0 bridgehead atoms. The summed E-state index contributed by atoms with van der Waals surface area (Å²) >= 11 is 6.03. The van der Waals surface area contributed by atoms with Crippen LogP contribution in [0.15, 0.2) is 6.33 Å². The third kappa shape index (κ3) is 3.67. The lowest BCUT2D eigenvalue weighted by Crippen LogP contribution is -2.07. The SMILES string of the molecule is CCCCNc1ncnc(Cl)c1CCC. The maximum atomic E-state index is 6.03. The Morgan fingerprint density at radius 1 is 1.27 bits per heavy atom. The van der Waals surface area contributed by atoms with Crippen LogP contribution in [0.5, 0.6) is 0 Å². The molecular weight excluding hydrogens is 210 g/mol. The molecule has 0 aliphatic rings. The average Bonchev–Trinajstić information content (AvgIpc) is 2.23. The summed E-state index contributed by atoms with van der Waals surface area (Å²) in [5.41, 5.74) is 1.04. The lowest BCUT2D eigenvalue weighted by atomic mass is 10.2. The van der Waals surface area contributed by atoms with Crippen LogP contribution in [-0.4, -0.2) is 16.5 Å². The fraction of sp³-hybridized carbons (Fsp3) is 0.636. The van der Waals surface area contributed by atoms with E-state index in [1.54, 1.807) is 0 Å². The first kappa shape index (κ1) is 12.2. The van der Waals surface area contributed by atoms with E-state index in [-0.39, 0.29) is 0 Å². The van der Waals surface area contributed by atoms with Gasteiger partial charge in [0.15, 0.2) is 0 Å². The van der Waals surface area contributed by atoms with Crippen LogP contribution in [0, 0.1) is 0 Å². The van der Waals surface area contributed by atoms with Crippen LogP contribution in [0.25, 0.3) is 0 Å². The van der Waals surface area contributed by atoms with E-state index in [2.05, 4.69) is 29.1 Å². The van der Waals surface area contributed by atoms with E-state index in [4.69, 9.17) is 11.6 Å². The second-order valence-electron chi connectivity index (χ2n) is 3.52. The molecule has 0 aliphatic carbocycles. The Kier molecular flexibility index (Phi) is 5.40. The normalized spacial score (nSPS) is 10.3. The van der Waals surface area contributed by atoms with Gasteiger partial charge < -0.3 is 5.32 Å². The standard InChI is InChI=1S/C11H18ClN3/c1-3-5-7-13-11-9(6-4-2)10(12)14-8-15-11/h8H,3-7H2,1-2H3,(H,13,14,15). The van der Waals surface area contributed by atoms with E-state index in [1.807, 2.05) is 0 Å². The van der Waals surface area contributed by atoms with E-state index in [1.165, 1.54) is 12.7 Å². The van der Waals surface area contributed by atoms with Crippen molar-refractivity contribution in [3.8, 4) is 0 Å². The van der Waals surface area contributed by atoms with Crippen molar-refractivity contribution in [1.29, 1.82) is 0 Å². The van der Waals surface area contributed by atoms with Crippen LogP contribution in [-0.2, 0) is 6.42 Å². The minimum absolute atomic E-state index is 0.575. The number of anilines is 1. The quantitative estimate of drug-likeness (QED) is 0.599. The first-order chi connectivity index (χ1) is 7.29. The van der Waals surface area contributed by atoms with Gasteiger partial charge in [0.1, 0.15) is 17.3 Å². The zero-order chi connectivity index (χ0) is 11.1. The van der Waals surface area contributed by atoms with Crippen molar-refractivity contribution in [3.05, 3.63) is 17.0 Å². The first-order valence-corrected chi connectivity index (χ1v) is 5.90. The number of halogens is 1. The van der Waals surface area contributed by atoms with Crippen molar-refractivity contribution in [2.45, 2.75) is 39.5 Å². The molecular formula is C11H18ClN3. The number of nitrogens with zero attached hydrogens (tertiary/aromatic N) is 2. The highest BCUT2D eigenvalue weighted by Crippen LogP contribution is 2.21. The minimum atomic E-state index is 0.575. The van der Waals surface area contributed by atoms with Crippen molar-refractivity contribution in [2.75, 3.05) is 11.9 Å². The van der Waals surface area contributed by atoms with E-state index >= 15 is 0 Å². The lowest BCUT2D eigenvalue weighted by Gasteiger charge is -2.10. The summed E-state index contributed by atoms with van der Waals surface area (Å²) in [5, 5.41) is 3.88. The van der Waals surface area contributed by atoms with Gasteiger partial charge in [0.2, 0.25) is 0 Å². The van der Waals surface area contributed by atoms with Gasteiger partial charge in [-0.3, -0.25) is 0 Å². The monoisotopic (exact) mass is 227 g/mol. The molecule has 4 heteroatoms. The Morgan fingerprint density at radius 3 is 2.73 bits per heavy atom. The molecule has 0 amide bonds. The molecule has 0 spiro atoms. The molecule has 1 N–H and O–H groups in total. The van der Waals surface area contributed by atoms with Gasteiger partial charge in [-0.25, -0.2) is 9.97 Å². The number of nitrogens with one attached hydrogen (secondary N) is 1. The smallest absolute Gasteiger partial charge is 0.137 e. The van der Waals surface area contributed by atoms with Gasteiger partial charge in [-0.15, -0.1) is 0 Å². The molecule has 1 aromatic rings. The first-order valence-electron chi connectivity index (χ1n) is 5.52. The Bertz CT molecular complexity index is 302. The maximum absolute atomic E-state index is 6.03. The third-order valence-corrected chi connectivity index (χ3v) is 2.54. The van der Waals surface area contributed by atoms with Gasteiger partial charge in [-0.1, -0.05) is 38.3 Å². The van der Waals surface area contributed by atoms with Crippen LogP contribution < -0.4 is 5.32 Å². The minimum Gasteiger partial charge on any atom is -0.370 e. The highest BCUT2D eigenvalue weighted by atomic mass is 35.5. The Hall–Kier alpha value is -0.830. The second kappa shape index (κ2) is 6.62. The van der Waals surface area contributed by atoms with E-state index in [0.29, 0.717) is 5.15 Å². The molecule has 1 heterocycles. The summed E-state index contributed by atoms with van der Waals surface area (Å²) in [6, 6.07) is 0. The number of aromatic nitrogens is 2. The topological polar surface area (TPSA) is 37.8 Å². The molecule has 0 atom stereocenters. The molecule has 0 aliphatic heterocycles. The predicted octanol–water partition coefficient (Wildman–Crippen LogP) is 3.29. The number of hydrogen-bond acceptors (Lipinski definition) is 3. The van der Waals surface area contributed by atoms with E-state index < -0.39 is 0 Å². The molecule has 0 saturated heterocycles. The molecule has 0 saturated carbocycles. The van der Waals surface area contributed by atoms with Crippen molar-refractivity contribution in [2.24, 2.45) is 0 Å². The van der Waals surface area contributed by atoms with E-state index in [9.17, 15) is 0 Å². The van der Waals surface area contributed by atoms with Gasteiger partial charge in [-0.2, -0.15) is 0 Å². The average molecular weight is 228 g/mol. The predicted molar refractivity (Wildman–Crippen MR) is 64.4 cm³/mol. The molecule has 0 radical (unpaired) electrons. The fourth-order valence-electron chi connectivity index (χ4n) is 1.40. The molecule has 84 valence electrons. The zero-order valence-electron chi connectivity index (χ0n) is 9.39. The number of unbranched alkanes of at least 4 members (excludes halogenated alkanes) is 1. The molecule has 3 nitrogen and oxygen atoms in total. The van der Waals surface area contributed by atoms with Crippen LogP contribution >= 0.6 is 11.6 Å². The highest BCUT2D eigenvalue weighted by Gasteiger charge is 2.07. The summed E-state index contributed by atoms with van der Waals surface area (Å²) in [6.07, 6.45) is 5.81. The van der Waals surface area contributed by atoms with Crippen LogP contribution in [0.3, 0.4) is 0 Å². The van der Waals surface area contributed by atoms with Gasteiger partial charge in [-0.05, 0) is 12.8 Å². The summed E-state index contributed by atoms with van der Waals surface area (Å²) in [6.45, 7) is 5.24. The molecule has 0 fully saturated rings. The maximum Gasteiger partial charge on any atom is 0.137 e. The zero-order valence-corrected chi connectivity index (χ0v) is 10.1. The second-order valence-corrected chi connectivity index (χ2v) is 3.88. The molecule has 1 aromatic heterocycles. The molecule has 15 heavy (non-hydrogen) atoms. The van der Waals surface area contributed by atoms with Crippen LogP contribution in [0.1, 0.15) is 38.7 Å². The number of hydrogen-bond donors (Lipinski definition) is 1. The van der Waals surface area contributed by atoms with Gasteiger partial charge in [0.25, 0.3) is 0 Å². The van der Waals surface area contributed by atoms with E-state index in [0.717, 1.165) is 37.2 Å². The van der Waals surface area contributed by atoms with Crippen molar-refractivity contribution < 1.29 is 0 Å². The Labute approximate surface area is 96.3 Å². The van der Waals surface area contributed by atoms with Crippen LogP contribution in [0.2, 0.25) is 5.15 Å². The molecule has 0 aromatic carbocycles. The summed E-state index contributed by atoms with van der Waals surface area (Å²) in [7, 11) is 0. The fourth-order valence-corrected chi connectivity index (χ4v) is 1.63. The van der Waals surface area contributed by atoms with Crippen molar-refractivity contribution in [1.82, 2.24) is 9.97 Å². The number of rotatable bonds is 6.